The van der Waals surface area contributed by atoms with E-state index in [1.165, 1.54) is 11.1 Å². The first kappa shape index (κ1) is 11.7. The Hall–Kier alpha value is -2.42. The smallest absolute Gasteiger partial charge is 0.207 e. The minimum absolute atomic E-state index is 0.809. The van der Waals surface area contributed by atoms with Gasteiger partial charge >= 0.3 is 0 Å². The molecule has 3 heteroatoms. The third kappa shape index (κ3) is 2.27. The lowest BCUT2D eigenvalue weighted by molar-refractivity contribution is 1.05. The first-order chi connectivity index (χ1) is 9.24. The SMILES string of the molecule is Cc1ccc(-c2nn[c]n2-c2ccc(C)cc2)cc1. The van der Waals surface area contributed by atoms with E-state index in [9.17, 15) is 0 Å². The zero-order valence-corrected chi connectivity index (χ0v) is 11.0. The second-order valence-corrected chi connectivity index (χ2v) is 4.66. The summed E-state index contributed by atoms with van der Waals surface area (Å²) in [5, 5.41) is 8.08. The molecule has 1 aromatic heterocycles. The van der Waals surface area contributed by atoms with Gasteiger partial charge in [0.15, 0.2) is 5.82 Å². The molecule has 0 N–H and O–H groups in total. The van der Waals surface area contributed by atoms with E-state index < -0.39 is 0 Å². The number of rotatable bonds is 2. The summed E-state index contributed by atoms with van der Waals surface area (Å²) in [6, 6.07) is 16.5. The zero-order chi connectivity index (χ0) is 13.2. The topological polar surface area (TPSA) is 30.7 Å². The molecule has 0 aliphatic heterocycles. The fourth-order valence-corrected chi connectivity index (χ4v) is 1.97. The Kier molecular flexibility index (Phi) is 2.88. The number of hydrogen-bond acceptors (Lipinski definition) is 2. The van der Waals surface area contributed by atoms with E-state index >= 15 is 0 Å². The molecule has 0 aliphatic carbocycles. The second kappa shape index (κ2) is 4.69. The third-order valence-electron chi connectivity index (χ3n) is 3.10. The summed E-state index contributed by atoms with van der Waals surface area (Å²) < 4.78 is 1.88. The molecule has 19 heavy (non-hydrogen) atoms. The van der Waals surface area contributed by atoms with Gasteiger partial charge < -0.3 is 0 Å². The maximum Gasteiger partial charge on any atom is 0.207 e. The largest absolute Gasteiger partial charge is 0.272 e. The molecule has 1 radical (unpaired) electrons. The summed E-state index contributed by atoms with van der Waals surface area (Å²) in [7, 11) is 0. The third-order valence-corrected chi connectivity index (χ3v) is 3.10. The highest BCUT2D eigenvalue weighted by Gasteiger charge is 2.09. The molecular weight excluding hydrogens is 234 g/mol. The highest BCUT2D eigenvalue weighted by Crippen LogP contribution is 2.20. The zero-order valence-electron chi connectivity index (χ0n) is 11.0. The monoisotopic (exact) mass is 248 g/mol. The van der Waals surface area contributed by atoms with Crippen molar-refractivity contribution in [1.29, 1.82) is 0 Å². The van der Waals surface area contributed by atoms with Crippen LogP contribution in [0.4, 0.5) is 0 Å². The Morgan fingerprint density at radius 1 is 0.842 bits per heavy atom. The van der Waals surface area contributed by atoms with Gasteiger partial charge in [0.05, 0.1) is 0 Å². The molecule has 93 valence electrons. The summed E-state index contributed by atoms with van der Waals surface area (Å²) in [5.74, 6) is 0.809. The van der Waals surface area contributed by atoms with E-state index in [2.05, 4.69) is 66.8 Å². The lowest BCUT2D eigenvalue weighted by Gasteiger charge is -2.06. The molecule has 3 rings (SSSR count). The van der Waals surface area contributed by atoms with Gasteiger partial charge in [-0.05, 0) is 26.0 Å². The van der Waals surface area contributed by atoms with Crippen molar-refractivity contribution < 1.29 is 0 Å². The van der Waals surface area contributed by atoms with Gasteiger partial charge in [0, 0.05) is 11.3 Å². The summed E-state index contributed by atoms with van der Waals surface area (Å²) in [6.45, 7) is 4.14. The summed E-state index contributed by atoms with van der Waals surface area (Å²) in [6.07, 6.45) is 2.91. The predicted octanol–water partition coefficient (Wildman–Crippen LogP) is 3.35. The van der Waals surface area contributed by atoms with E-state index in [4.69, 9.17) is 0 Å². The van der Waals surface area contributed by atoms with Gasteiger partial charge in [0.25, 0.3) is 0 Å². The highest BCUT2D eigenvalue weighted by atomic mass is 15.3. The lowest BCUT2D eigenvalue weighted by Crippen LogP contribution is -1.96. The van der Waals surface area contributed by atoms with Crippen LogP contribution in [0.5, 0.6) is 0 Å². The number of nitrogens with zero attached hydrogens (tertiary/aromatic N) is 3. The molecule has 0 aliphatic rings. The fourth-order valence-electron chi connectivity index (χ4n) is 1.97. The first-order valence-electron chi connectivity index (χ1n) is 6.21. The standard InChI is InChI=1S/C16H14N3/c1-12-3-7-14(8-4-12)16-18-17-11-19(16)15-9-5-13(2)6-10-15/h3-10H,1-2H3. The Bertz CT molecular complexity index is 619. The van der Waals surface area contributed by atoms with Crippen LogP contribution in [0.25, 0.3) is 17.1 Å². The van der Waals surface area contributed by atoms with Crippen molar-refractivity contribution in [2.75, 3.05) is 0 Å². The van der Waals surface area contributed by atoms with Crippen LogP contribution < -0.4 is 0 Å². The molecule has 0 spiro atoms. The normalized spacial score (nSPS) is 10.6. The highest BCUT2D eigenvalue weighted by molar-refractivity contribution is 5.58. The fraction of sp³-hybridized carbons (Fsp3) is 0.125. The van der Waals surface area contributed by atoms with Crippen LogP contribution >= 0.6 is 0 Å². The van der Waals surface area contributed by atoms with Gasteiger partial charge in [-0.1, -0.05) is 47.5 Å². The van der Waals surface area contributed by atoms with Crippen LogP contribution in [0.3, 0.4) is 0 Å². The molecule has 0 amide bonds. The van der Waals surface area contributed by atoms with Gasteiger partial charge in [0.2, 0.25) is 6.33 Å². The van der Waals surface area contributed by atoms with Gasteiger partial charge in [-0.25, -0.2) is 0 Å². The molecule has 3 nitrogen and oxygen atoms in total. The lowest BCUT2D eigenvalue weighted by atomic mass is 10.1. The van der Waals surface area contributed by atoms with Gasteiger partial charge in [-0.2, -0.15) is 0 Å². The van der Waals surface area contributed by atoms with Crippen molar-refractivity contribution in [2.24, 2.45) is 0 Å². The summed E-state index contributed by atoms with van der Waals surface area (Å²) >= 11 is 0. The molecule has 0 saturated carbocycles. The minimum atomic E-state index is 0.809. The van der Waals surface area contributed by atoms with Crippen molar-refractivity contribution >= 4 is 0 Å². The van der Waals surface area contributed by atoms with Gasteiger partial charge in [0.1, 0.15) is 0 Å². The molecule has 0 unspecified atom stereocenters. The average Bonchev–Trinajstić information content (AvgIpc) is 2.90. The maximum absolute atomic E-state index is 4.17. The van der Waals surface area contributed by atoms with E-state index in [0.717, 1.165) is 17.1 Å². The average molecular weight is 248 g/mol. The molecule has 3 aromatic rings. The quantitative estimate of drug-likeness (QED) is 0.696. The van der Waals surface area contributed by atoms with Crippen LogP contribution in [-0.4, -0.2) is 14.8 Å². The number of aromatic nitrogens is 3. The minimum Gasteiger partial charge on any atom is -0.272 e. The predicted molar refractivity (Wildman–Crippen MR) is 75.1 cm³/mol. The van der Waals surface area contributed by atoms with Crippen LogP contribution in [0.1, 0.15) is 11.1 Å². The number of aryl methyl sites for hydroxylation is 2. The first-order valence-corrected chi connectivity index (χ1v) is 6.21. The Morgan fingerprint density at radius 2 is 1.42 bits per heavy atom. The molecule has 2 aromatic carbocycles. The van der Waals surface area contributed by atoms with Crippen LogP contribution in [0, 0.1) is 20.2 Å². The van der Waals surface area contributed by atoms with Crippen LogP contribution in [0.15, 0.2) is 48.5 Å². The van der Waals surface area contributed by atoms with Crippen LogP contribution in [-0.2, 0) is 0 Å². The van der Waals surface area contributed by atoms with E-state index in [1.807, 2.05) is 16.7 Å². The summed E-state index contributed by atoms with van der Waals surface area (Å²) in [4.78, 5) is 0. The second-order valence-electron chi connectivity index (χ2n) is 4.66. The van der Waals surface area contributed by atoms with E-state index in [-0.39, 0.29) is 0 Å². The van der Waals surface area contributed by atoms with E-state index in [1.54, 1.807) is 0 Å². The molecular formula is C16H14N3. The molecule has 0 atom stereocenters. The molecule has 1 heterocycles. The Balaban J connectivity index is 2.07. The van der Waals surface area contributed by atoms with Crippen molar-refractivity contribution in [3.05, 3.63) is 66.0 Å². The Morgan fingerprint density at radius 3 is 2.05 bits per heavy atom. The van der Waals surface area contributed by atoms with Crippen LogP contribution in [0.2, 0.25) is 0 Å². The number of benzene rings is 2. The number of hydrogen-bond donors (Lipinski definition) is 0. The Labute approximate surface area is 112 Å². The molecule has 0 saturated heterocycles. The molecule has 0 fully saturated rings. The van der Waals surface area contributed by atoms with Gasteiger partial charge in [-0.15, -0.1) is 10.2 Å². The van der Waals surface area contributed by atoms with Crippen molar-refractivity contribution in [2.45, 2.75) is 13.8 Å². The summed E-state index contributed by atoms with van der Waals surface area (Å²) in [5.41, 5.74) is 4.52. The molecule has 0 bridgehead atoms. The van der Waals surface area contributed by atoms with E-state index in [0.29, 0.717) is 0 Å². The van der Waals surface area contributed by atoms with Crippen molar-refractivity contribution in [1.82, 2.24) is 14.8 Å². The maximum atomic E-state index is 4.17. The van der Waals surface area contributed by atoms with Crippen molar-refractivity contribution in [3.8, 4) is 17.1 Å². The van der Waals surface area contributed by atoms with Crippen molar-refractivity contribution in [3.63, 3.8) is 0 Å². The van der Waals surface area contributed by atoms with Gasteiger partial charge in [-0.3, -0.25) is 4.57 Å².